The molecule has 44 valence electrons. The Morgan fingerprint density at radius 1 is 1.22 bits per heavy atom. The molecule has 0 fully saturated rings. The molecule has 0 aromatic carbocycles. The molecule has 0 bridgehead atoms. The average molecular weight is 120 g/mol. The van der Waals surface area contributed by atoms with Crippen LogP contribution in [0.15, 0.2) is 0 Å². The summed E-state index contributed by atoms with van der Waals surface area (Å²) in [5.74, 6) is 0. The molecule has 0 aliphatic heterocycles. The molecular weight excluding hydrogens is 116 g/mol. The maximum absolute atomic E-state index is 8.17. The van der Waals surface area contributed by atoms with Crippen molar-refractivity contribution in [2.75, 3.05) is 0 Å². The van der Waals surface area contributed by atoms with Crippen LogP contribution in [-0.2, 0) is 0 Å². The van der Waals surface area contributed by atoms with E-state index in [4.69, 9.17) is 21.5 Å². The second kappa shape index (κ2) is 2.67. The van der Waals surface area contributed by atoms with Crippen LogP contribution in [-0.4, -0.2) is 5.54 Å². The van der Waals surface area contributed by atoms with Crippen molar-refractivity contribution >= 4 is 0 Å². The average Bonchev–Trinajstić information content (AvgIpc) is 1.89. The zero-order valence-electron chi connectivity index (χ0n) is 4.63. The van der Waals surface area contributed by atoms with Crippen LogP contribution in [0.3, 0.4) is 0 Å². The summed E-state index contributed by atoms with van der Waals surface area (Å²) in [6.07, 6.45) is -0.250. The van der Waals surface area contributed by atoms with Gasteiger partial charge in [-0.3, -0.25) is 0 Å². The molecule has 0 radical (unpaired) electrons. The summed E-state index contributed by atoms with van der Waals surface area (Å²) in [5, 5.41) is 24.4. The van der Waals surface area contributed by atoms with E-state index in [1.807, 2.05) is 0 Å². The Balaban J connectivity index is 4.24. The second-order valence-corrected chi connectivity index (χ2v) is 1.53. The molecule has 0 amide bonds. The van der Waals surface area contributed by atoms with E-state index in [0.717, 1.165) is 0 Å². The lowest BCUT2D eigenvalue weighted by Crippen LogP contribution is -2.35. The predicted octanol–water partition coefficient (Wildman–Crippen LogP) is -0.355. The fourth-order valence-corrected chi connectivity index (χ4v) is 0.229. The molecule has 9 heavy (non-hydrogen) atoms. The van der Waals surface area contributed by atoms with Gasteiger partial charge in [0.15, 0.2) is 0 Å². The monoisotopic (exact) mass is 120 g/mol. The van der Waals surface area contributed by atoms with Crippen molar-refractivity contribution in [2.45, 2.75) is 12.0 Å². The lowest BCUT2D eigenvalue weighted by molar-refractivity contribution is 0.703. The van der Waals surface area contributed by atoms with Crippen LogP contribution in [0.1, 0.15) is 6.42 Å². The van der Waals surface area contributed by atoms with Gasteiger partial charge >= 0.3 is 0 Å². The highest BCUT2D eigenvalue weighted by Crippen LogP contribution is 2.00. The minimum Gasteiger partial charge on any atom is -0.301 e. The Morgan fingerprint density at radius 3 is 1.78 bits per heavy atom. The third-order valence-corrected chi connectivity index (χ3v) is 0.757. The molecular formula is C5H4N4. The standard InChI is InChI=1S/C5H4N4/c6-2-1-5(9,3-7)4-8/h1,9H2. The summed E-state index contributed by atoms with van der Waals surface area (Å²) in [4.78, 5) is 0. The maximum Gasteiger partial charge on any atom is 0.204 e. The fraction of sp³-hybridized carbons (Fsp3) is 0.400. The van der Waals surface area contributed by atoms with Gasteiger partial charge in [-0.1, -0.05) is 0 Å². The van der Waals surface area contributed by atoms with Crippen molar-refractivity contribution in [1.29, 1.82) is 15.8 Å². The first kappa shape index (κ1) is 7.43. The zero-order valence-corrected chi connectivity index (χ0v) is 4.63. The molecule has 0 rings (SSSR count). The lowest BCUT2D eigenvalue weighted by atomic mass is 10.0. The van der Waals surface area contributed by atoms with Crippen molar-refractivity contribution in [1.82, 2.24) is 0 Å². The van der Waals surface area contributed by atoms with Crippen LogP contribution in [0, 0.1) is 34.0 Å². The van der Waals surface area contributed by atoms with Crippen LogP contribution in [0.5, 0.6) is 0 Å². The summed E-state index contributed by atoms with van der Waals surface area (Å²) < 4.78 is 0. The molecule has 0 aromatic rings. The molecule has 0 spiro atoms. The first-order chi connectivity index (χ1) is 4.18. The van der Waals surface area contributed by atoms with Crippen molar-refractivity contribution in [3.05, 3.63) is 0 Å². The highest BCUT2D eigenvalue weighted by molar-refractivity contribution is 5.22. The van der Waals surface area contributed by atoms with Gasteiger partial charge < -0.3 is 5.73 Å². The number of nitrogens with two attached hydrogens (primary N) is 1. The molecule has 2 N–H and O–H groups in total. The van der Waals surface area contributed by atoms with Gasteiger partial charge in [-0.15, -0.1) is 0 Å². The van der Waals surface area contributed by atoms with E-state index < -0.39 is 5.54 Å². The van der Waals surface area contributed by atoms with Gasteiger partial charge in [-0.05, 0) is 0 Å². The topological polar surface area (TPSA) is 97.4 Å². The Hall–Kier alpha value is -1.57. The summed E-state index contributed by atoms with van der Waals surface area (Å²) >= 11 is 0. The second-order valence-electron chi connectivity index (χ2n) is 1.53. The zero-order chi connectivity index (χ0) is 7.33. The van der Waals surface area contributed by atoms with E-state index in [-0.39, 0.29) is 6.42 Å². The Labute approximate surface area is 52.7 Å². The summed E-state index contributed by atoms with van der Waals surface area (Å²) in [6, 6.07) is 4.69. The molecule has 0 unspecified atom stereocenters. The molecule has 0 atom stereocenters. The Kier molecular flexibility index (Phi) is 2.20. The fourth-order valence-electron chi connectivity index (χ4n) is 0.229. The third kappa shape index (κ3) is 1.78. The molecule has 0 aliphatic carbocycles. The van der Waals surface area contributed by atoms with E-state index in [9.17, 15) is 0 Å². The smallest absolute Gasteiger partial charge is 0.204 e. The maximum atomic E-state index is 8.17. The van der Waals surface area contributed by atoms with Gasteiger partial charge in [0.1, 0.15) is 12.1 Å². The normalized spacial score (nSPS) is 8.67. The molecule has 0 aromatic heterocycles. The quantitative estimate of drug-likeness (QED) is 0.511. The van der Waals surface area contributed by atoms with Gasteiger partial charge in [0.2, 0.25) is 5.54 Å². The van der Waals surface area contributed by atoms with E-state index in [2.05, 4.69) is 0 Å². The van der Waals surface area contributed by atoms with Gasteiger partial charge in [0.25, 0.3) is 0 Å². The molecule has 0 aliphatic rings. The molecule has 4 nitrogen and oxygen atoms in total. The highest BCUT2D eigenvalue weighted by atomic mass is 14.7. The van der Waals surface area contributed by atoms with E-state index >= 15 is 0 Å². The van der Waals surface area contributed by atoms with Crippen LogP contribution < -0.4 is 5.73 Å². The Morgan fingerprint density at radius 2 is 1.67 bits per heavy atom. The highest BCUT2D eigenvalue weighted by Gasteiger charge is 2.22. The first-order valence-electron chi connectivity index (χ1n) is 2.17. The van der Waals surface area contributed by atoms with Crippen LogP contribution in [0.25, 0.3) is 0 Å². The molecule has 0 saturated heterocycles. The van der Waals surface area contributed by atoms with Gasteiger partial charge in [-0.25, -0.2) is 0 Å². The number of hydrogen-bond acceptors (Lipinski definition) is 4. The number of rotatable bonds is 1. The number of nitriles is 3. The molecule has 0 heterocycles. The lowest BCUT2D eigenvalue weighted by Gasteiger charge is -2.03. The minimum absolute atomic E-state index is 0.250. The SMILES string of the molecule is N#CCC(N)(C#N)C#N. The van der Waals surface area contributed by atoms with Gasteiger partial charge in [-0.2, -0.15) is 15.8 Å². The third-order valence-electron chi connectivity index (χ3n) is 0.757. The van der Waals surface area contributed by atoms with Crippen LogP contribution in [0.4, 0.5) is 0 Å². The summed E-state index contributed by atoms with van der Waals surface area (Å²) in [7, 11) is 0. The summed E-state index contributed by atoms with van der Waals surface area (Å²) in [5.41, 5.74) is 3.45. The Bertz CT molecular complexity index is 197. The van der Waals surface area contributed by atoms with Crippen LogP contribution >= 0.6 is 0 Å². The van der Waals surface area contributed by atoms with Crippen molar-refractivity contribution in [3.63, 3.8) is 0 Å². The summed E-state index contributed by atoms with van der Waals surface area (Å²) in [6.45, 7) is 0. The number of hydrogen-bond donors (Lipinski definition) is 1. The van der Waals surface area contributed by atoms with Gasteiger partial charge in [0.05, 0.1) is 12.5 Å². The van der Waals surface area contributed by atoms with E-state index in [0.29, 0.717) is 0 Å². The van der Waals surface area contributed by atoms with Crippen LogP contribution in [0.2, 0.25) is 0 Å². The van der Waals surface area contributed by atoms with E-state index in [1.165, 1.54) is 12.1 Å². The largest absolute Gasteiger partial charge is 0.301 e. The van der Waals surface area contributed by atoms with Crippen molar-refractivity contribution < 1.29 is 0 Å². The predicted molar refractivity (Wildman–Crippen MR) is 28.4 cm³/mol. The van der Waals surface area contributed by atoms with Crippen molar-refractivity contribution in [2.24, 2.45) is 5.73 Å². The van der Waals surface area contributed by atoms with E-state index in [1.54, 1.807) is 6.07 Å². The first-order valence-corrected chi connectivity index (χ1v) is 2.17. The minimum atomic E-state index is -1.62. The number of nitrogens with zero attached hydrogens (tertiary/aromatic N) is 3. The molecule has 0 saturated carbocycles. The van der Waals surface area contributed by atoms with Gasteiger partial charge in [0, 0.05) is 0 Å². The van der Waals surface area contributed by atoms with Crippen molar-refractivity contribution in [3.8, 4) is 18.2 Å². The molecule has 4 heteroatoms.